The van der Waals surface area contributed by atoms with Crippen LogP contribution < -0.4 is 5.73 Å². The highest BCUT2D eigenvalue weighted by Crippen LogP contribution is 2.34. The van der Waals surface area contributed by atoms with Crippen LogP contribution in [0.2, 0.25) is 0 Å². The van der Waals surface area contributed by atoms with Gasteiger partial charge in [-0.05, 0) is 24.9 Å². The number of terminal acetylenes is 1. The van der Waals surface area contributed by atoms with Crippen LogP contribution in [0.15, 0.2) is 30.3 Å². The van der Waals surface area contributed by atoms with E-state index >= 15 is 0 Å². The summed E-state index contributed by atoms with van der Waals surface area (Å²) in [6.45, 7) is 1.94. The number of hydrogen-bond acceptors (Lipinski definition) is 3. The van der Waals surface area contributed by atoms with Gasteiger partial charge < -0.3 is 15.7 Å². The molecule has 1 fully saturated rings. The van der Waals surface area contributed by atoms with E-state index in [9.17, 15) is 9.90 Å². The third-order valence-corrected chi connectivity index (χ3v) is 4.16. The van der Waals surface area contributed by atoms with E-state index in [0.29, 0.717) is 19.5 Å². The van der Waals surface area contributed by atoms with Gasteiger partial charge in [-0.2, -0.15) is 0 Å². The maximum Gasteiger partial charge on any atom is 0.311 e. The lowest BCUT2D eigenvalue weighted by molar-refractivity contribution is -0.147. The molecule has 3 N–H and O–H groups in total. The highest BCUT2D eigenvalue weighted by molar-refractivity contribution is 5.75. The SMILES string of the molecule is C#CC[C@]1(C(=O)O)CCN(CC(N)Cc2ccccc2)C1. The van der Waals surface area contributed by atoms with Gasteiger partial charge in [-0.3, -0.25) is 4.79 Å². The molecule has 1 saturated heterocycles. The summed E-state index contributed by atoms with van der Waals surface area (Å²) in [6.07, 6.45) is 7.01. The number of carbonyl (C=O) groups is 1. The first kappa shape index (κ1) is 15.6. The first-order valence-electron chi connectivity index (χ1n) is 7.24. The Morgan fingerprint density at radius 2 is 2.19 bits per heavy atom. The van der Waals surface area contributed by atoms with E-state index in [1.54, 1.807) is 0 Å². The van der Waals surface area contributed by atoms with Crippen LogP contribution >= 0.6 is 0 Å². The second-order valence-electron chi connectivity index (χ2n) is 5.90. The van der Waals surface area contributed by atoms with Crippen molar-refractivity contribution in [1.82, 2.24) is 4.90 Å². The van der Waals surface area contributed by atoms with Crippen molar-refractivity contribution < 1.29 is 9.90 Å². The lowest BCUT2D eigenvalue weighted by Gasteiger charge is -2.24. The van der Waals surface area contributed by atoms with Gasteiger partial charge in [0.25, 0.3) is 0 Å². The largest absolute Gasteiger partial charge is 0.481 e. The van der Waals surface area contributed by atoms with Gasteiger partial charge in [-0.15, -0.1) is 12.3 Å². The molecule has 4 nitrogen and oxygen atoms in total. The van der Waals surface area contributed by atoms with Crippen LogP contribution in [0.25, 0.3) is 0 Å². The van der Waals surface area contributed by atoms with Crippen LogP contribution in [-0.2, 0) is 11.2 Å². The van der Waals surface area contributed by atoms with Gasteiger partial charge in [0.15, 0.2) is 0 Å². The Morgan fingerprint density at radius 1 is 1.48 bits per heavy atom. The van der Waals surface area contributed by atoms with Gasteiger partial charge in [0, 0.05) is 25.6 Å². The molecule has 0 spiro atoms. The van der Waals surface area contributed by atoms with Crippen LogP contribution in [-0.4, -0.2) is 41.7 Å². The van der Waals surface area contributed by atoms with Crippen molar-refractivity contribution in [3.63, 3.8) is 0 Å². The van der Waals surface area contributed by atoms with Crippen molar-refractivity contribution in [3.05, 3.63) is 35.9 Å². The van der Waals surface area contributed by atoms with E-state index in [-0.39, 0.29) is 12.5 Å². The van der Waals surface area contributed by atoms with E-state index in [1.165, 1.54) is 5.56 Å². The lowest BCUT2D eigenvalue weighted by Crippen LogP contribution is -2.40. The molecule has 2 rings (SSSR count). The number of likely N-dealkylation sites (tertiary alicyclic amines) is 1. The number of hydrogen-bond donors (Lipinski definition) is 2. The molecule has 0 radical (unpaired) electrons. The van der Waals surface area contributed by atoms with Crippen molar-refractivity contribution in [2.45, 2.75) is 25.3 Å². The molecule has 1 unspecified atom stereocenters. The van der Waals surface area contributed by atoms with Crippen LogP contribution in [0.4, 0.5) is 0 Å². The first-order valence-corrected chi connectivity index (χ1v) is 7.24. The normalized spacial score (nSPS) is 23.6. The molecule has 0 amide bonds. The van der Waals surface area contributed by atoms with Crippen LogP contribution in [0.5, 0.6) is 0 Å². The van der Waals surface area contributed by atoms with E-state index in [2.05, 4.69) is 23.0 Å². The molecule has 4 heteroatoms. The van der Waals surface area contributed by atoms with Crippen LogP contribution in [0, 0.1) is 17.8 Å². The average molecular weight is 286 g/mol. The smallest absolute Gasteiger partial charge is 0.311 e. The predicted molar refractivity (Wildman–Crippen MR) is 82.7 cm³/mol. The molecule has 1 heterocycles. The summed E-state index contributed by atoms with van der Waals surface area (Å²) < 4.78 is 0. The predicted octanol–water partition coefficient (Wildman–Crippen LogP) is 1.36. The quantitative estimate of drug-likeness (QED) is 0.775. The number of rotatable bonds is 6. The van der Waals surface area contributed by atoms with E-state index in [0.717, 1.165) is 13.0 Å². The Labute approximate surface area is 125 Å². The molecule has 1 aliphatic rings. The number of aliphatic carboxylic acids is 1. The Bertz CT molecular complexity index is 523. The number of nitrogens with two attached hydrogens (primary N) is 1. The second kappa shape index (κ2) is 6.75. The summed E-state index contributed by atoms with van der Waals surface area (Å²) in [5.41, 5.74) is 6.61. The van der Waals surface area contributed by atoms with Gasteiger partial charge in [0.2, 0.25) is 0 Å². The molecule has 21 heavy (non-hydrogen) atoms. The summed E-state index contributed by atoms with van der Waals surface area (Å²) >= 11 is 0. The number of nitrogens with zero attached hydrogens (tertiary/aromatic N) is 1. The molecule has 1 aliphatic heterocycles. The summed E-state index contributed by atoms with van der Waals surface area (Å²) in [5.74, 6) is 1.71. The van der Waals surface area contributed by atoms with Crippen LogP contribution in [0.3, 0.4) is 0 Å². The number of carboxylic acid groups (broad SMARTS) is 1. The van der Waals surface area contributed by atoms with Crippen molar-refractivity contribution >= 4 is 5.97 Å². The molecular weight excluding hydrogens is 264 g/mol. The Morgan fingerprint density at radius 3 is 2.81 bits per heavy atom. The molecule has 1 aromatic rings. The zero-order chi connectivity index (χ0) is 15.3. The minimum Gasteiger partial charge on any atom is -0.481 e. The lowest BCUT2D eigenvalue weighted by atomic mass is 9.84. The van der Waals surface area contributed by atoms with Gasteiger partial charge in [0.05, 0.1) is 5.41 Å². The van der Waals surface area contributed by atoms with Crippen LogP contribution in [0.1, 0.15) is 18.4 Å². The zero-order valence-electron chi connectivity index (χ0n) is 12.2. The zero-order valence-corrected chi connectivity index (χ0v) is 12.2. The standard InChI is InChI=1S/C17H22N2O2/c1-2-8-17(16(20)21)9-10-19(13-17)12-15(18)11-14-6-4-3-5-7-14/h1,3-7,15H,8-13,18H2,(H,20,21)/t15?,17-/m0/s1. The van der Waals surface area contributed by atoms with Crippen molar-refractivity contribution in [2.24, 2.45) is 11.1 Å². The second-order valence-corrected chi connectivity index (χ2v) is 5.90. The van der Waals surface area contributed by atoms with E-state index < -0.39 is 11.4 Å². The minimum absolute atomic E-state index is 0.00262. The first-order chi connectivity index (χ1) is 10.1. The topological polar surface area (TPSA) is 66.6 Å². The van der Waals surface area contributed by atoms with Gasteiger partial charge >= 0.3 is 5.97 Å². The molecule has 0 bridgehead atoms. The molecule has 2 atom stereocenters. The maximum atomic E-state index is 11.5. The molecule has 0 saturated carbocycles. The molecule has 0 aromatic heterocycles. The number of carboxylic acids is 1. The Kier molecular flexibility index (Phi) is 5.00. The molecule has 1 aromatic carbocycles. The molecule has 0 aliphatic carbocycles. The third-order valence-electron chi connectivity index (χ3n) is 4.16. The average Bonchev–Trinajstić information content (AvgIpc) is 2.84. The fourth-order valence-corrected chi connectivity index (χ4v) is 3.02. The van der Waals surface area contributed by atoms with E-state index in [1.807, 2.05) is 18.2 Å². The fourth-order valence-electron chi connectivity index (χ4n) is 3.02. The summed E-state index contributed by atoms with van der Waals surface area (Å²) in [5, 5.41) is 9.43. The summed E-state index contributed by atoms with van der Waals surface area (Å²) in [6, 6.07) is 10.1. The van der Waals surface area contributed by atoms with Gasteiger partial charge in [0.1, 0.15) is 0 Å². The van der Waals surface area contributed by atoms with E-state index in [4.69, 9.17) is 12.2 Å². The van der Waals surface area contributed by atoms with Crippen molar-refractivity contribution in [1.29, 1.82) is 0 Å². The van der Waals surface area contributed by atoms with Crippen molar-refractivity contribution in [3.8, 4) is 12.3 Å². The highest BCUT2D eigenvalue weighted by Gasteiger charge is 2.44. The molecular formula is C17H22N2O2. The van der Waals surface area contributed by atoms with Crippen molar-refractivity contribution in [2.75, 3.05) is 19.6 Å². The highest BCUT2D eigenvalue weighted by atomic mass is 16.4. The molecule has 112 valence electrons. The Balaban J connectivity index is 1.90. The van der Waals surface area contributed by atoms with Gasteiger partial charge in [-0.1, -0.05) is 30.3 Å². The summed E-state index contributed by atoms with van der Waals surface area (Å²) in [4.78, 5) is 13.6. The minimum atomic E-state index is -0.792. The third kappa shape index (κ3) is 3.84. The Hall–Kier alpha value is -1.83. The van der Waals surface area contributed by atoms with Gasteiger partial charge in [-0.25, -0.2) is 0 Å². The fraction of sp³-hybridized carbons (Fsp3) is 0.471. The summed E-state index contributed by atoms with van der Waals surface area (Å²) in [7, 11) is 0. The number of benzene rings is 1. The maximum absolute atomic E-state index is 11.5. The monoisotopic (exact) mass is 286 g/mol.